The average Bonchev–Trinajstić information content (AvgIpc) is 2.66. The van der Waals surface area contributed by atoms with Crippen LogP contribution in [0.5, 0.6) is 0 Å². The lowest BCUT2D eigenvalue weighted by Crippen LogP contribution is -2.37. The highest BCUT2D eigenvalue weighted by molar-refractivity contribution is 5.90. The topological polar surface area (TPSA) is 65.2 Å². The maximum absolute atomic E-state index is 13.8. The summed E-state index contributed by atoms with van der Waals surface area (Å²) in [6, 6.07) is 6.09. The highest BCUT2D eigenvalue weighted by atomic mass is 19.2. The number of hydrogen-bond acceptors (Lipinski definition) is 2. The second kappa shape index (κ2) is 7.75. The summed E-state index contributed by atoms with van der Waals surface area (Å²) in [7, 11) is 0. The van der Waals surface area contributed by atoms with Gasteiger partial charge in [0.05, 0.1) is 11.4 Å². The van der Waals surface area contributed by atoms with E-state index in [2.05, 4.69) is 10.3 Å². The monoisotopic (exact) mass is 389 g/mol. The number of halogens is 3. The molecule has 0 saturated heterocycles. The van der Waals surface area contributed by atoms with Crippen LogP contribution in [0.25, 0.3) is 10.8 Å². The Morgan fingerprint density at radius 3 is 2.32 bits per heavy atom. The van der Waals surface area contributed by atoms with E-state index < -0.39 is 35.1 Å². The molecule has 0 aliphatic rings. The van der Waals surface area contributed by atoms with Crippen LogP contribution in [0.4, 0.5) is 23.7 Å². The summed E-state index contributed by atoms with van der Waals surface area (Å²) in [5, 5.41) is 2.89. The Labute approximate surface area is 158 Å². The number of H-pyrrole nitrogens is 1. The van der Waals surface area contributed by atoms with Gasteiger partial charge >= 0.3 is 6.03 Å². The SMILES string of the molecule is CCN(C(=O)Nc1ccc(F)cc1)C(C)c1c[nH]c(=O)c2cc(F)c(F)cc12. The first kappa shape index (κ1) is 19.5. The van der Waals surface area contributed by atoms with Gasteiger partial charge in [-0.2, -0.15) is 0 Å². The van der Waals surface area contributed by atoms with E-state index in [1.54, 1.807) is 13.8 Å². The van der Waals surface area contributed by atoms with Gasteiger partial charge in [0.2, 0.25) is 0 Å². The van der Waals surface area contributed by atoms with E-state index in [4.69, 9.17) is 0 Å². The van der Waals surface area contributed by atoms with E-state index >= 15 is 0 Å². The number of benzene rings is 2. The minimum atomic E-state index is -1.12. The number of aromatic nitrogens is 1. The normalized spacial score (nSPS) is 12.0. The Hall–Kier alpha value is -3.29. The van der Waals surface area contributed by atoms with Gasteiger partial charge in [-0.05, 0) is 61.2 Å². The molecule has 2 amide bonds. The van der Waals surface area contributed by atoms with Crippen molar-refractivity contribution >= 4 is 22.5 Å². The van der Waals surface area contributed by atoms with Crippen molar-refractivity contribution in [2.45, 2.75) is 19.9 Å². The van der Waals surface area contributed by atoms with E-state index in [0.29, 0.717) is 17.8 Å². The Kier molecular flexibility index (Phi) is 5.39. The summed E-state index contributed by atoms with van der Waals surface area (Å²) in [6.45, 7) is 3.77. The van der Waals surface area contributed by atoms with Crippen molar-refractivity contribution in [3.05, 3.63) is 76.0 Å². The predicted octanol–water partition coefficient (Wildman–Crippen LogP) is 4.56. The number of hydrogen-bond donors (Lipinski definition) is 2. The van der Waals surface area contributed by atoms with Crippen molar-refractivity contribution in [1.29, 1.82) is 0 Å². The lowest BCUT2D eigenvalue weighted by Gasteiger charge is -2.29. The smallest absolute Gasteiger partial charge is 0.322 e. The van der Waals surface area contributed by atoms with Gasteiger partial charge < -0.3 is 15.2 Å². The zero-order chi connectivity index (χ0) is 20.4. The van der Waals surface area contributed by atoms with Gasteiger partial charge in [-0.1, -0.05) is 0 Å². The van der Waals surface area contributed by atoms with Crippen LogP contribution in [0, 0.1) is 17.5 Å². The van der Waals surface area contributed by atoms with Crippen molar-refractivity contribution in [1.82, 2.24) is 9.88 Å². The standard InChI is InChI=1S/C20H18F3N3O2/c1-3-26(20(28)25-13-6-4-12(21)5-7-13)11(2)16-10-24-19(27)15-9-18(23)17(22)8-14(15)16/h4-11H,3H2,1-2H3,(H,24,27)(H,25,28). The number of pyridine rings is 1. The van der Waals surface area contributed by atoms with Gasteiger partial charge in [0, 0.05) is 18.4 Å². The maximum atomic E-state index is 13.8. The van der Waals surface area contributed by atoms with E-state index in [-0.39, 0.29) is 10.8 Å². The molecule has 146 valence electrons. The van der Waals surface area contributed by atoms with Gasteiger partial charge in [0.15, 0.2) is 11.6 Å². The average molecular weight is 389 g/mol. The molecule has 0 aliphatic carbocycles. The van der Waals surface area contributed by atoms with Crippen LogP contribution in [0.15, 0.2) is 47.4 Å². The summed E-state index contributed by atoms with van der Waals surface area (Å²) >= 11 is 0. The maximum Gasteiger partial charge on any atom is 0.322 e. The van der Waals surface area contributed by atoms with Crippen molar-refractivity contribution in [3.8, 4) is 0 Å². The third-order valence-electron chi connectivity index (χ3n) is 4.59. The minimum absolute atomic E-state index is 0.00162. The molecule has 0 aliphatic heterocycles. The van der Waals surface area contributed by atoms with Crippen molar-refractivity contribution in [3.63, 3.8) is 0 Å². The number of carbonyl (C=O) groups excluding carboxylic acids is 1. The zero-order valence-corrected chi connectivity index (χ0v) is 15.2. The Morgan fingerprint density at radius 1 is 1.11 bits per heavy atom. The van der Waals surface area contributed by atoms with Crippen LogP contribution in [0.3, 0.4) is 0 Å². The first-order valence-electron chi connectivity index (χ1n) is 8.65. The fourth-order valence-electron chi connectivity index (χ4n) is 3.11. The molecule has 1 atom stereocenters. The first-order chi connectivity index (χ1) is 13.3. The molecule has 1 heterocycles. The number of urea groups is 1. The summed E-state index contributed by atoms with van der Waals surface area (Å²) < 4.78 is 40.4. The van der Waals surface area contributed by atoms with E-state index in [1.807, 2.05) is 0 Å². The van der Waals surface area contributed by atoms with Crippen molar-refractivity contribution in [2.75, 3.05) is 11.9 Å². The summed E-state index contributed by atoms with van der Waals surface area (Å²) in [4.78, 5) is 28.6. The second-order valence-corrected chi connectivity index (χ2v) is 6.28. The molecule has 28 heavy (non-hydrogen) atoms. The number of carbonyl (C=O) groups is 1. The number of anilines is 1. The van der Waals surface area contributed by atoms with Gasteiger partial charge in [0.1, 0.15) is 5.82 Å². The summed E-state index contributed by atoms with van der Waals surface area (Å²) in [6.07, 6.45) is 1.39. The molecule has 0 fully saturated rings. The van der Waals surface area contributed by atoms with Crippen LogP contribution >= 0.6 is 0 Å². The van der Waals surface area contributed by atoms with Crippen LogP contribution in [-0.4, -0.2) is 22.5 Å². The largest absolute Gasteiger partial charge is 0.328 e. The Morgan fingerprint density at radius 2 is 1.71 bits per heavy atom. The lowest BCUT2D eigenvalue weighted by molar-refractivity contribution is 0.197. The van der Waals surface area contributed by atoms with Crippen LogP contribution < -0.4 is 10.9 Å². The first-order valence-corrected chi connectivity index (χ1v) is 8.65. The van der Waals surface area contributed by atoms with Gasteiger partial charge in [-0.25, -0.2) is 18.0 Å². The third-order valence-corrected chi connectivity index (χ3v) is 4.59. The molecule has 0 saturated carbocycles. The molecular formula is C20H18F3N3O2. The van der Waals surface area contributed by atoms with Crippen LogP contribution in [0.2, 0.25) is 0 Å². The van der Waals surface area contributed by atoms with Gasteiger partial charge in [0.25, 0.3) is 5.56 Å². The number of rotatable bonds is 4. The molecule has 0 radical (unpaired) electrons. The molecule has 1 unspecified atom stereocenters. The molecule has 0 bridgehead atoms. The molecule has 2 N–H and O–H groups in total. The molecule has 1 aromatic heterocycles. The van der Waals surface area contributed by atoms with E-state index in [1.165, 1.54) is 35.4 Å². The molecule has 2 aromatic carbocycles. The molecule has 3 aromatic rings. The van der Waals surface area contributed by atoms with E-state index in [0.717, 1.165) is 12.1 Å². The summed E-state index contributed by atoms with van der Waals surface area (Å²) in [5.41, 5.74) is 0.324. The van der Waals surface area contributed by atoms with Gasteiger partial charge in [-0.15, -0.1) is 0 Å². The molecule has 5 nitrogen and oxygen atoms in total. The number of fused-ring (bicyclic) bond motifs is 1. The molecular weight excluding hydrogens is 371 g/mol. The number of aromatic amines is 1. The molecule has 3 rings (SSSR count). The fourth-order valence-corrected chi connectivity index (χ4v) is 3.11. The number of nitrogens with one attached hydrogen (secondary N) is 2. The lowest BCUT2D eigenvalue weighted by atomic mass is 10.0. The zero-order valence-electron chi connectivity index (χ0n) is 15.2. The predicted molar refractivity (Wildman–Crippen MR) is 101 cm³/mol. The fraction of sp³-hybridized carbons (Fsp3) is 0.200. The number of nitrogens with zero attached hydrogens (tertiary/aromatic N) is 1. The Balaban J connectivity index is 1.96. The van der Waals surface area contributed by atoms with Crippen molar-refractivity contribution < 1.29 is 18.0 Å². The summed E-state index contributed by atoms with van der Waals surface area (Å²) in [5.74, 6) is -2.62. The van der Waals surface area contributed by atoms with Crippen LogP contribution in [0.1, 0.15) is 25.5 Å². The quantitative estimate of drug-likeness (QED) is 0.687. The van der Waals surface area contributed by atoms with E-state index in [9.17, 15) is 22.8 Å². The second-order valence-electron chi connectivity index (χ2n) is 6.28. The number of amides is 2. The highest BCUT2D eigenvalue weighted by Crippen LogP contribution is 2.28. The van der Waals surface area contributed by atoms with Gasteiger partial charge in [-0.3, -0.25) is 4.79 Å². The molecule has 8 heteroatoms. The van der Waals surface area contributed by atoms with Crippen molar-refractivity contribution in [2.24, 2.45) is 0 Å². The molecule has 0 spiro atoms. The third kappa shape index (κ3) is 3.71. The highest BCUT2D eigenvalue weighted by Gasteiger charge is 2.23. The Bertz CT molecular complexity index is 1080. The van der Waals surface area contributed by atoms with Crippen LogP contribution in [-0.2, 0) is 0 Å². The minimum Gasteiger partial charge on any atom is -0.328 e.